The molecule has 0 aliphatic carbocycles. The van der Waals surface area contributed by atoms with Crippen LogP contribution in [0.3, 0.4) is 0 Å². The molecule has 0 unspecified atom stereocenters. The highest BCUT2D eigenvalue weighted by Crippen LogP contribution is 2.30. The fraction of sp³-hybridized carbons (Fsp3) is 0.111. The molecule has 0 bridgehead atoms. The van der Waals surface area contributed by atoms with Crippen molar-refractivity contribution in [1.82, 2.24) is 0 Å². The Bertz CT molecular complexity index is 930. The van der Waals surface area contributed by atoms with Gasteiger partial charge in [-0.25, -0.2) is 0 Å². The summed E-state index contributed by atoms with van der Waals surface area (Å²) in [5, 5.41) is 3.57. The van der Waals surface area contributed by atoms with Gasteiger partial charge in [0, 0.05) is 11.3 Å². The highest BCUT2D eigenvalue weighted by atomic mass is 35.5. The van der Waals surface area contributed by atoms with Crippen molar-refractivity contribution in [1.29, 1.82) is 0 Å². The predicted octanol–water partition coefficient (Wildman–Crippen LogP) is 2.51. The summed E-state index contributed by atoms with van der Waals surface area (Å²) in [6.07, 6.45) is 0. The van der Waals surface area contributed by atoms with Crippen LogP contribution in [0.2, 0.25) is 5.02 Å². The number of amidine groups is 1. The molecule has 2 aromatic carbocycles. The molecule has 7 nitrogen and oxygen atoms in total. The number of benzene rings is 2. The van der Waals surface area contributed by atoms with Gasteiger partial charge in [0.25, 0.3) is 5.91 Å². The van der Waals surface area contributed by atoms with Crippen LogP contribution >= 0.6 is 23.4 Å². The second-order valence-corrected chi connectivity index (χ2v) is 6.91. The molecule has 3 N–H and O–H groups in total. The van der Waals surface area contributed by atoms with Gasteiger partial charge in [-0.3, -0.25) is 24.3 Å². The number of halogens is 1. The number of para-hydroxylation sites is 1. The summed E-state index contributed by atoms with van der Waals surface area (Å²) in [4.78, 5) is 41.0. The summed E-state index contributed by atoms with van der Waals surface area (Å²) in [5.41, 5.74) is 6.62. The predicted molar refractivity (Wildman–Crippen MR) is 107 cm³/mol. The van der Waals surface area contributed by atoms with E-state index < -0.39 is 5.91 Å². The molecule has 9 heteroatoms. The van der Waals surface area contributed by atoms with E-state index in [0.717, 1.165) is 11.8 Å². The van der Waals surface area contributed by atoms with Crippen LogP contribution in [-0.2, 0) is 9.59 Å². The molecule has 1 aliphatic heterocycles. The molecule has 3 amide bonds. The highest BCUT2D eigenvalue weighted by molar-refractivity contribution is 8.14. The molecule has 0 fully saturated rings. The lowest BCUT2D eigenvalue weighted by molar-refractivity contribution is -0.116. The molecule has 0 radical (unpaired) electrons. The number of nitrogens with two attached hydrogens (primary N) is 1. The molecule has 1 heterocycles. The maximum absolute atomic E-state index is 12.2. The van der Waals surface area contributed by atoms with Crippen LogP contribution in [0, 0.1) is 0 Å². The Morgan fingerprint density at radius 1 is 1.19 bits per heavy atom. The van der Waals surface area contributed by atoms with Gasteiger partial charge in [0.05, 0.1) is 16.5 Å². The van der Waals surface area contributed by atoms with Crippen molar-refractivity contribution in [2.45, 2.75) is 0 Å². The first-order valence-corrected chi connectivity index (χ1v) is 9.26. The standard InChI is InChI=1S/C18H15ClN4O3S/c19-13-3-1-2-4-14(13)23-16(25)9-21-18(23)27-10-15(24)22-12-7-5-11(6-8-12)17(20)26/h1-8H,9-10H2,(H2,20,26)(H,22,24). The summed E-state index contributed by atoms with van der Waals surface area (Å²) in [7, 11) is 0. The topological polar surface area (TPSA) is 105 Å². The van der Waals surface area contributed by atoms with E-state index in [1.165, 1.54) is 17.0 Å². The molecule has 1 aliphatic rings. The SMILES string of the molecule is NC(=O)c1ccc(NC(=O)CSC2=NCC(=O)N2c2ccccc2Cl)cc1. The summed E-state index contributed by atoms with van der Waals surface area (Å²) in [5.74, 6) is -0.946. The first-order valence-electron chi connectivity index (χ1n) is 7.90. The first-order chi connectivity index (χ1) is 13.0. The van der Waals surface area contributed by atoms with Crippen LogP contribution in [0.1, 0.15) is 10.4 Å². The molecule has 0 aromatic heterocycles. The molecule has 0 saturated heterocycles. The van der Waals surface area contributed by atoms with Crippen molar-refractivity contribution in [2.24, 2.45) is 10.7 Å². The number of thioether (sulfide) groups is 1. The molecular formula is C18H15ClN4O3S. The number of rotatable bonds is 5. The normalized spacial score (nSPS) is 13.4. The number of hydrogen-bond acceptors (Lipinski definition) is 5. The molecule has 0 spiro atoms. The zero-order valence-corrected chi connectivity index (χ0v) is 15.6. The molecule has 0 saturated carbocycles. The average Bonchev–Trinajstić information content (AvgIpc) is 3.01. The van der Waals surface area contributed by atoms with Crippen LogP contribution in [-0.4, -0.2) is 35.2 Å². The van der Waals surface area contributed by atoms with Crippen LogP contribution in [0.25, 0.3) is 0 Å². The summed E-state index contributed by atoms with van der Waals surface area (Å²) < 4.78 is 0. The van der Waals surface area contributed by atoms with Gasteiger partial charge >= 0.3 is 0 Å². The Morgan fingerprint density at radius 3 is 2.56 bits per heavy atom. The molecule has 0 atom stereocenters. The molecule has 138 valence electrons. The van der Waals surface area contributed by atoms with E-state index in [1.807, 2.05) is 0 Å². The van der Waals surface area contributed by atoms with E-state index in [0.29, 0.717) is 27.1 Å². The van der Waals surface area contributed by atoms with Gasteiger partial charge in [0.1, 0.15) is 6.54 Å². The second kappa shape index (κ2) is 8.24. The van der Waals surface area contributed by atoms with Crippen LogP contribution in [0.4, 0.5) is 11.4 Å². The lowest BCUT2D eigenvalue weighted by atomic mass is 10.2. The van der Waals surface area contributed by atoms with Crippen molar-refractivity contribution in [3.05, 3.63) is 59.1 Å². The zero-order chi connectivity index (χ0) is 19.4. The van der Waals surface area contributed by atoms with E-state index >= 15 is 0 Å². The van der Waals surface area contributed by atoms with E-state index in [-0.39, 0.29) is 24.1 Å². The van der Waals surface area contributed by atoms with Gasteiger partial charge in [-0.2, -0.15) is 0 Å². The Kier molecular flexibility index (Phi) is 5.78. The zero-order valence-electron chi connectivity index (χ0n) is 14.0. The van der Waals surface area contributed by atoms with E-state index in [2.05, 4.69) is 10.3 Å². The fourth-order valence-corrected chi connectivity index (χ4v) is 3.45. The maximum atomic E-state index is 12.2. The highest BCUT2D eigenvalue weighted by Gasteiger charge is 2.29. The van der Waals surface area contributed by atoms with Crippen LogP contribution in [0.5, 0.6) is 0 Å². The van der Waals surface area contributed by atoms with Gasteiger partial charge in [-0.15, -0.1) is 0 Å². The number of amides is 3. The number of aliphatic imine (C=N–C) groups is 1. The monoisotopic (exact) mass is 402 g/mol. The Labute approximate surface area is 164 Å². The lowest BCUT2D eigenvalue weighted by Gasteiger charge is -2.19. The number of nitrogens with zero attached hydrogens (tertiary/aromatic N) is 2. The number of carbonyl (C=O) groups excluding carboxylic acids is 3. The molecule has 27 heavy (non-hydrogen) atoms. The third-order valence-corrected chi connectivity index (χ3v) is 4.97. The summed E-state index contributed by atoms with van der Waals surface area (Å²) >= 11 is 7.31. The Morgan fingerprint density at radius 2 is 1.89 bits per heavy atom. The van der Waals surface area contributed by atoms with E-state index in [1.54, 1.807) is 36.4 Å². The number of carbonyl (C=O) groups is 3. The van der Waals surface area contributed by atoms with Gasteiger partial charge in [-0.05, 0) is 36.4 Å². The smallest absolute Gasteiger partial charge is 0.254 e. The number of anilines is 2. The van der Waals surface area contributed by atoms with Crippen LogP contribution < -0.4 is 16.0 Å². The van der Waals surface area contributed by atoms with Gasteiger partial charge in [-0.1, -0.05) is 35.5 Å². The third-order valence-electron chi connectivity index (χ3n) is 3.67. The second-order valence-electron chi connectivity index (χ2n) is 5.56. The molecular weight excluding hydrogens is 388 g/mol. The third kappa shape index (κ3) is 4.47. The Balaban J connectivity index is 1.62. The number of primary amides is 1. The minimum atomic E-state index is -0.535. The fourth-order valence-electron chi connectivity index (χ4n) is 2.41. The van der Waals surface area contributed by atoms with E-state index in [9.17, 15) is 14.4 Å². The van der Waals surface area contributed by atoms with Gasteiger partial charge < -0.3 is 11.1 Å². The minimum absolute atomic E-state index is 0.0176. The van der Waals surface area contributed by atoms with Crippen molar-refractivity contribution in [2.75, 3.05) is 22.5 Å². The number of hydrogen-bond donors (Lipinski definition) is 2. The quantitative estimate of drug-likeness (QED) is 0.801. The van der Waals surface area contributed by atoms with Gasteiger partial charge in [0.15, 0.2) is 5.17 Å². The van der Waals surface area contributed by atoms with E-state index in [4.69, 9.17) is 17.3 Å². The molecule has 2 aromatic rings. The van der Waals surface area contributed by atoms with Crippen molar-refractivity contribution in [3.63, 3.8) is 0 Å². The Hall–Kier alpha value is -2.84. The summed E-state index contributed by atoms with van der Waals surface area (Å²) in [6, 6.07) is 13.2. The van der Waals surface area contributed by atoms with Crippen molar-refractivity contribution >= 4 is 57.6 Å². The van der Waals surface area contributed by atoms with Crippen molar-refractivity contribution in [3.8, 4) is 0 Å². The van der Waals surface area contributed by atoms with Gasteiger partial charge in [0.2, 0.25) is 11.8 Å². The molecule has 3 rings (SSSR count). The number of nitrogens with one attached hydrogen (secondary N) is 1. The average molecular weight is 403 g/mol. The van der Waals surface area contributed by atoms with Crippen LogP contribution in [0.15, 0.2) is 53.5 Å². The van der Waals surface area contributed by atoms with Crippen molar-refractivity contribution < 1.29 is 14.4 Å². The first kappa shape index (κ1) is 18.9. The minimum Gasteiger partial charge on any atom is -0.366 e. The largest absolute Gasteiger partial charge is 0.366 e. The maximum Gasteiger partial charge on any atom is 0.254 e. The lowest BCUT2D eigenvalue weighted by Crippen LogP contribution is -2.31. The summed E-state index contributed by atoms with van der Waals surface area (Å²) in [6.45, 7) is 0.0176.